The quantitative estimate of drug-likeness (QED) is 0.899. The first-order valence-electron chi connectivity index (χ1n) is 5.19. The van der Waals surface area contributed by atoms with E-state index in [-0.39, 0.29) is 24.4 Å². The van der Waals surface area contributed by atoms with E-state index in [0.717, 1.165) is 23.8 Å². The van der Waals surface area contributed by atoms with E-state index >= 15 is 0 Å². The van der Waals surface area contributed by atoms with Gasteiger partial charge in [-0.3, -0.25) is 9.69 Å². The molecule has 16 heavy (non-hydrogen) atoms. The van der Waals surface area contributed by atoms with Crippen molar-refractivity contribution in [3.8, 4) is 0 Å². The van der Waals surface area contributed by atoms with Crippen LogP contribution in [-0.2, 0) is 4.79 Å². The lowest BCUT2D eigenvalue weighted by atomic mass is 10.1. The van der Waals surface area contributed by atoms with E-state index in [1.165, 1.54) is 11.3 Å². The molecule has 1 saturated heterocycles. The molecule has 1 amide bonds. The third kappa shape index (κ3) is 2.53. The van der Waals surface area contributed by atoms with Gasteiger partial charge in [-0.2, -0.15) is 0 Å². The molecule has 1 N–H and O–H groups in total. The van der Waals surface area contributed by atoms with Crippen LogP contribution < -0.4 is 10.2 Å². The van der Waals surface area contributed by atoms with E-state index in [1.807, 2.05) is 19.2 Å². The number of carbonyl (C=O) groups is 1. The topological polar surface area (TPSA) is 45.2 Å². The van der Waals surface area contributed by atoms with E-state index in [9.17, 15) is 4.79 Å². The highest BCUT2D eigenvalue weighted by Gasteiger charge is 2.29. The number of hydrogen-bond acceptors (Lipinski definition) is 4. The van der Waals surface area contributed by atoms with Crippen LogP contribution in [0.3, 0.4) is 0 Å². The Morgan fingerprint density at radius 1 is 1.75 bits per heavy atom. The average molecular weight is 262 g/mol. The lowest BCUT2D eigenvalue weighted by Crippen LogP contribution is -2.54. The summed E-state index contributed by atoms with van der Waals surface area (Å²) in [6.45, 7) is 5.56. The van der Waals surface area contributed by atoms with Crippen molar-refractivity contribution >= 4 is 34.8 Å². The van der Waals surface area contributed by atoms with Crippen molar-refractivity contribution in [1.29, 1.82) is 0 Å². The molecule has 0 aromatic carbocycles. The molecular weight excluding hydrogens is 246 g/mol. The summed E-state index contributed by atoms with van der Waals surface area (Å²) in [5.74, 6) is 0.151. The van der Waals surface area contributed by atoms with Crippen LogP contribution in [0.1, 0.15) is 19.0 Å². The van der Waals surface area contributed by atoms with Crippen LogP contribution in [0.4, 0.5) is 5.13 Å². The highest BCUT2D eigenvalue weighted by atomic mass is 35.5. The number of likely N-dealkylation sites (N-methyl/N-ethyl adjacent to an activating group) is 1. The third-order valence-electron chi connectivity index (χ3n) is 2.54. The fourth-order valence-electron chi connectivity index (χ4n) is 1.54. The molecule has 1 aliphatic rings. The SMILES string of the molecule is CCN(C(=O)[C@H]1CCN1)c1nc(C)cs1.Cl. The number of amides is 1. The van der Waals surface area contributed by atoms with Crippen LogP contribution in [0.25, 0.3) is 0 Å². The van der Waals surface area contributed by atoms with Gasteiger partial charge in [-0.15, -0.1) is 23.7 Å². The van der Waals surface area contributed by atoms with Crippen LogP contribution in [0, 0.1) is 6.92 Å². The maximum atomic E-state index is 12.0. The molecule has 90 valence electrons. The van der Waals surface area contributed by atoms with Gasteiger partial charge in [0.2, 0.25) is 5.91 Å². The summed E-state index contributed by atoms with van der Waals surface area (Å²) in [5, 5.41) is 5.91. The number of nitrogens with one attached hydrogen (secondary N) is 1. The second-order valence-electron chi connectivity index (χ2n) is 3.65. The molecule has 1 atom stereocenters. The Labute approximate surface area is 105 Å². The molecule has 1 aromatic rings. The van der Waals surface area contributed by atoms with Crippen LogP contribution >= 0.6 is 23.7 Å². The van der Waals surface area contributed by atoms with E-state index < -0.39 is 0 Å². The minimum atomic E-state index is 0. The number of anilines is 1. The Morgan fingerprint density at radius 3 is 2.81 bits per heavy atom. The Balaban J connectivity index is 0.00000128. The maximum Gasteiger partial charge on any atom is 0.245 e. The van der Waals surface area contributed by atoms with E-state index in [0.29, 0.717) is 6.54 Å². The molecule has 6 heteroatoms. The zero-order valence-electron chi connectivity index (χ0n) is 9.40. The molecular formula is C10H16ClN3OS. The summed E-state index contributed by atoms with van der Waals surface area (Å²) in [6.07, 6.45) is 0.944. The fourth-order valence-corrected chi connectivity index (χ4v) is 2.41. The number of thiazole rings is 1. The predicted octanol–water partition coefficient (Wildman–Crippen LogP) is 1.59. The molecule has 0 radical (unpaired) electrons. The summed E-state index contributed by atoms with van der Waals surface area (Å²) < 4.78 is 0. The number of hydrogen-bond donors (Lipinski definition) is 1. The smallest absolute Gasteiger partial charge is 0.245 e. The van der Waals surface area contributed by atoms with Crippen LogP contribution in [0.5, 0.6) is 0 Å². The summed E-state index contributed by atoms with van der Waals surface area (Å²) in [6, 6.07) is 0.00848. The Kier molecular flexibility index (Phi) is 4.70. The zero-order chi connectivity index (χ0) is 10.8. The molecule has 1 aromatic heterocycles. The molecule has 1 aliphatic heterocycles. The number of aromatic nitrogens is 1. The highest BCUT2D eigenvalue weighted by Crippen LogP contribution is 2.21. The fraction of sp³-hybridized carbons (Fsp3) is 0.600. The standard InChI is InChI=1S/C10H15N3OS.ClH/c1-3-13(9(14)8-4-5-11-8)10-12-7(2)6-15-10;/h6,8,11H,3-5H2,1-2H3;1H/t8-;/m1./s1. The van der Waals surface area contributed by atoms with Crippen molar-refractivity contribution in [3.05, 3.63) is 11.1 Å². The van der Waals surface area contributed by atoms with Crippen molar-refractivity contribution in [2.24, 2.45) is 0 Å². The molecule has 0 aliphatic carbocycles. The van der Waals surface area contributed by atoms with Crippen molar-refractivity contribution < 1.29 is 4.79 Å². The summed E-state index contributed by atoms with van der Waals surface area (Å²) in [4.78, 5) is 18.1. The van der Waals surface area contributed by atoms with Gasteiger partial charge in [0.15, 0.2) is 5.13 Å². The van der Waals surface area contributed by atoms with Crippen LogP contribution in [-0.4, -0.2) is 30.0 Å². The van der Waals surface area contributed by atoms with Gasteiger partial charge >= 0.3 is 0 Å². The van der Waals surface area contributed by atoms with Crippen molar-refractivity contribution in [1.82, 2.24) is 10.3 Å². The molecule has 1 fully saturated rings. The van der Waals surface area contributed by atoms with Gasteiger partial charge in [0, 0.05) is 11.9 Å². The van der Waals surface area contributed by atoms with Crippen molar-refractivity contribution in [2.45, 2.75) is 26.3 Å². The first-order valence-corrected chi connectivity index (χ1v) is 6.07. The van der Waals surface area contributed by atoms with E-state index in [2.05, 4.69) is 10.3 Å². The largest absolute Gasteiger partial charge is 0.306 e. The maximum absolute atomic E-state index is 12.0. The van der Waals surface area contributed by atoms with Gasteiger partial charge < -0.3 is 5.32 Å². The molecule has 4 nitrogen and oxygen atoms in total. The van der Waals surface area contributed by atoms with Gasteiger partial charge in [0.1, 0.15) is 0 Å². The average Bonchev–Trinajstić information content (AvgIpc) is 2.50. The number of halogens is 1. The lowest BCUT2D eigenvalue weighted by Gasteiger charge is -2.30. The molecule has 0 spiro atoms. The second-order valence-corrected chi connectivity index (χ2v) is 4.49. The van der Waals surface area contributed by atoms with Gasteiger partial charge in [0.05, 0.1) is 11.7 Å². The summed E-state index contributed by atoms with van der Waals surface area (Å²) >= 11 is 1.53. The summed E-state index contributed by atoms with van der Waals surface area (Å²) in [7, 11) is 0. The minimum absolute atomic E-state index is 0. The summed E-state index contributed by atoms with van der Waals surface area (Å²) in [5.41, 5.74) is 0.975. The third-order valence-corrected chi connectivity index (χ3v) is 3.52. The monoisotopic (exact) mass is 261 g/mol. The van der Waals surface area contributed by atoms with E-state index in [1.54, 1.807) is 4.90 Å². The van der Waals surface area contributed by atoms with Crippen LogP contribution in [0.15, 0.2) is 5.38 Å². The second kappa shape index (κ2) is 5.61. The first kappa shape index (κ1) is 13.4. The Bertz CT molecular complexity index is 365. The molecule has 0 bridgehead atoms. The van der Waals surface area contributed by atoms with Gasteiger partial charge in [-0.25, -0.2) is 4.98 Å². The Hall–Kier alpha value is -0.650. The Morgan fingerprint density at radius 2 is 2.44 bits per heavy atom. The molecule has 2 rings (SSSR count). The molecule has 0 saturated carbocycles. The lowest BCUT2D eigenvalue weighted by molar-refractivity contribution is -0.122. The van der Waals surface area contributed by atoms with Crippen LogP contribution in [0.2, 0.25) is 0 Å². The number of nitrogens with zero attached hydrogens (tertiary/aromatic N) is 2. The van der Waals surface area contributed by atoms with Crippen molar-refractivity contribution in [2.75, 3.05) is 18.0 Å². The number of rotatable bonds is 3. The number of aryl methyl sites for hydroxylation is 1. The van der Waals surface area contributed by atoms with E-state index in [4.69, 9.17) is 0 Å². The zero-order valence-corrected chi connectivity index (χ0v) is 11.0. The highest BCUT2D eigenvalue weighted by molar-refractivity contribution is 7.14. The molecule has 0 unspecified atom stereocenters. The van der Waals surface area contributed by atoms with Crippen molar-refractivity contribution in [3.63, 3.8) is 0 Å². The van der Waals surface area contributed by atoms with Gasteiger partial charge in [-0.1, -0.05) is 0 Å². The number of carbonyl (C=O) groups excluding carboxylic acids is 1. The van der Waals surface area contributed by atoms with Gasteiger partial charge in [-0.05, 0) is 26.8 Å². The first-order chi connectivity index (χ1) is 7.22. The molecule has 2 heterocycles. The minimum Gasteiger partial charge on any atom is -0.306 e. The van der Waals surface area contributed by atoms with Gasteiger partial charge in [0.25, 0.3) is 0 Å². The normalized spacial score (nSPS) is 18.5. The predicted molar refractivity (Wildman–Crippen MR) is 68.5 cm³/mol.